The maximum absolute atomic E-state index is 14.0. The van der Waals surface area contributed by atoms with E-state index in [2.05, 4.69) is 5.10 Å². The third kappa shape index (κ3) is 3.32. The smallest absolute Gasteiger partial charge is 0.273 e. The van der Waals surface area contributed by atoms with Gasteiger partial charge in [0.05, 0.1) is 22.7 Å². The van der Waals surface area contributed by atoms with Crippen LogP contribution >= 0.6 is 0 Å². The van der Waals surface area contributed by atoms with Crippen LogP contribution < -0.4 is 16.4 Å². The van der Waals surface area contributed by atoms with Gasteiger partial charge >= 0.3 is 0 Å². The topological polar surface area (TPSA) is 120 Å². The van der Waals surface area contributed by atoms with Gasteiger partial charge in [-0.05, 0) is 13.8 Å². The number of halogens is 1. The summed E-state index contributed by atoms with van der Waals surface area (Å²) in [5, 5.41) is 15.2. The molecule has 8 nitrogen and oxygen atoms in total. The van der Waals surface area contributed by atoms with E-state index in [0.29, 0.717) is 0 Å². The summed E-state index contributed by atoms with van der Waals surface area (Å²) < 4.78 is 19.3. The normalized spacial score (nSPS) is 11.6. The summed E-state index contributed by atoms with van der Waals surface area (Å²) in [6.07, 6.45) is -0.341. The molecule has 0 saturated heterocycles. The molecule has 1 rings (SSSR count). The molecule has 0 radical (unpaired) electrons. The minimum absolute atomic E-state index is 0.0119. The fourth-order valence-electron chi connectivity index (χ4n) is 1.56. The third-order valence-electron chi connectivity index (χ3n) is 2.29. The average Bonchev–Trinajstić information content (AvgIpc) is 2.32. The summed E-state index contributed by atoms with van der Waals surface area (Å²) in [6, 6.07) is 1.88. The van der Waals surface area contributed by atoms with Gasteiger partial charge in [0, 0.05) is 13.1 Å². The van der Waals surface area contributed by atoms with Gasteiger partial charge in [-0.3, -0.25) is 15.1 Å². The van der Waals surface area contributed by atoms with E-state index in [1.165, 1.54) is 7.05 Å². The monoisotopic (exact) mass is 285 g/mol. The Bertz CT molecular complexity index is 545. The van der Waals surface area contributed by atoms with Crippen molar-refractivity contribution in [2.24, 2.45) is 16.8 Å². The van der Waals surface area contributed by atoms with Crippen molar-refractivity contribution < 1.29 is 14.1 Å². The van der Waals surface area contributed by atoms with Gasteiger partial charge in [-0.25, -0.2) is 10.2 Å². The van der Waals surface area contributed by atoms with Gasteiger partial charge in [-0.1, -0.05) is 0 Å². The highest BCUT2D eigenvalue weighted by atomic mass is 19.1. The van der Waals surface area contributed by atoms with Crippen LogP contribution in [0, 0.1) is 15.9 Å². The van der Waals surface area contributed by atoms with Crippen LogP contribution in [0.1, 0.15) is 19.4 Å². The standard InChI is InChI=1S/C11H16FN5O3/c1-6(2)20-10-8(11(15-13)16(3)14)4-7(17(18)19)5-9(10)12/h4-6H,13-14H2,1-3H3/b15-11-. The fourth-order valence-corrected chi connectivity index (χ4v) is 1.56. The number of hydrazone groups is 1. The number of nitrogens with two attached hydrogens (primary N) is 2. The van der Waals surface area contributed by atoms with Crippen LogP contribution in [-0.4, -0.2) is 28.9 Å². The van der Waals surface area contributed by atoms with Crippen LogP contribution in [-0.2, 0) is 0 Å². The average molecular weight is 285 g/mol. The molecule has 0 spiro atoms. The number of amidine groups is 1. The van der Waals surface area contributed by atoms with E-state index >= 15 is 0 Å². The Morgan fingerprint density at radius 2 is 2.15 bits per heavy atom. The van der Waals surface area contributed by atoms with Gasteiger partial charge in [0.15, 0.2) is 17.4 Å². The molecule has 20 heavy (non-hydrogen) atoms. The number of benzene rings is 1. The number of hydrazine groups is 1. The van der Waals surface area contributed by atoms with E-state index in [-0.39, 0.29) is 23.3 Å². The highest BCUT2D eigenvalue weighted by molar-refractivity contribution is 6.01. The number of hydrogen-bond donors (Lipinski definition) is 2. The van der Waals surface area contributed by atoms with Crippen LogP contribution in [0.5, 0.6) is 5.75 Å². The summed E-state index contributed by atoms with van der Waals surface area (Å²) in [6.45, 7) is 3.38. The lowest BCUT2D eigenvalue weighted by molar-refractivity contribution is -0.385. The van der Waals surface area contributed by atoms with Gasteiger partial charge < -0.3 is 10.6 Å². The van der Waals surface area contributed by atoms with E-state index in [1.807, 2.05) is 0 Å². The van der Waals surface area contributed by atoms with Crippen LogP contribution in [0.3, 0.4) is 0 Å². The largest absolute Gasteiger partial charge is 0.487 e. The first-order chi connectivity index (χ1) is 9.27. The number of hydrogen-bond acceptors (Lipinski definition) is 6. The Hall–Kier alpha value is -2.42. The SMILES string of the molecule is CC(C)Oc1c(F)cc([N+](=O)[O-])cc1/C(=N/N)N(C)N. The molecule has 0 bridgehead atoms. The van der Waals surface area contributed by atoms with Gasteiger partial charge in [-0.15, -0.1) is 0 Å². The van der Waals surface area contributed by atoms with Crippen molar-refractivity contribution >= 4 is 11.5 Å². The Balaban J connectivity index is 3.53. The lowest BCUT2D eigenvalue weighted by Crippen LogP contribution is -2.35. The Labute approximate surface area is 114 Å². The zero-order valence-corrected chi connectivity index (χ0v) is 11.3. The van der Waals surface area contributed by atoms with Crippen molar-refractivity contribution in [3.63, 3.8) is 0 Å². The van der Waals surface area contributed by atoms with Crippen molar-refractivity contribution in [1.82, 2.24) is 5.01 Å². The number of nitrogens with zero attached hydrogens (tertiary/aromatic N) is 3. The quantitative estimate of drug-likeness (QED) is 0.279. The van der Waals surface area contributed by atoms with Gasteiger partial charge in [-0.2, -0.15) is 5.10 Å². The van der Waals surface area contributed by atoms with Crippen molar-refractivity contribution in [2.75, 3.05) is 7.05 Å². The van der Waals surface area contributed by atoms with Crippen LogP contribution in [0.15, 0.2) is 17.2 Å². The highest BCUT2D eigenvalue weighted by Crippen LogP contribution is 2.30. The number of nitro benzene ring substituents is 1. The zero-order valence-electron chi connectivity index (χ0n) is 11.3. The van der Waals surface area contributed by atoms with Crippen molar-refractivity contribution in [2.45, 2.75) is 20.0 Å². The molecular formula is C11H16FN5O3. The first kappa shape index (κ1) is 15.6. The molecule has 1 aromatic rings. The zero-order chi connectivity index (χ0) is 15.4. The molecule has 0 unspecified atom stereocenters. The first-order valence-electron chi connectivity index (χ1n) is 5.69. The molecule has 0 atom stereocenters. The summed E-state index contributed by atoms with van der Waals surface area (Å²) in [4.78, 5) is 10.1. The van der Waals surface area contributed by atoms with Crippen LogP contribution in [0.2, 0.25) is 0 Å². The second kappa shape index (κ2) is 6.15. The molecule has 0 aromatic heterocycles. The van der Waals surface area contributed by atoms with E-state index in [9.17, 15) is 14.5 Å². The third-order valence-corrected chi connectivity index (χ3v) is 2.29. The summed E-state index contributed by atoms with van der Waals surface area (Å²) >= 11 is 0. The van der Waals surface area contributed by atoms with Crippen LogP contribution in [0.4, 0.5) is 10.1 Å². The van der Waals surface area contributed by atoms with E-state index in [0.717, 1.165) is 17.1 Å². The van der Waals surface area contributed by atoms with Gasteiger partial charge in [0.1, 0.15) is 0 Å². The van der Waals surface area contributed by atoms with Crippen LogP contribution in [0.25, 0.3) is 0 Å². The molecular weight excluding hydrogens is 269 g/mol. The predicted molar refractivity (Wildman–Crippen MR) is 71.5 cm³/mol. The molecule has 0 aliphatic heterocycles. The predicted octanol–water partition coefficient (Wildman–Crippen LogP) is 0.947. The first-order valence-corrected chi connectivity index (χ1v) is 5.69. The summed E-state index contributed by atoms with van der Waals surface area (Å²) in [7, 11) is 1.42. The summed E-state index contributed by atoms with van der Waals surface area (Å²) in [5.74, 6) is 9.62. The van der Waals surface area contributed by atoms with E-state index in [4.69, 9.17) is 16.4 Å². The molecule has 0 fully saturated rings. The Kier molecular flexibility index (Phi) is 4.81. The second-order valence-corrected chi connectivity index (χ2v) is 4.29. The van der Waals surface area contributed by atoms with Crippen molar-refractivity contribution in [3.05, 3.63) is 33.6 Å². The van der Waals surface area contributed by atoms with E-state index < -0.39 is 16.4 Å². The van der Waals surface area contributed by atoms with Gasteiger partial charge in [0.25, 0.3) is 5.69 Å². The molecule has 0 heterocycles. The lowest BCUT2D eigenvalue weighted by atomic mass is 10.1. The minimum Gasteiger partial charge on any atom is -0.487 e. The minimum atomic E-state index is -0.883. The van der Waals surface area contributed by atoms with Crippen molar-refractivity contribution in [3.8, 4) is 5.75 Å². The molecule has 0 saturated carbocycles. The number of ether oxygens (including phenoxy) is 1. The maximum Gasteiger partial charge on any atom is 0.273 e. The highest BCUT2D eigenvalue weighted by Gasteiger charge is 2.23. The number of rotatable bonds is 4. The Morgan fingerprint density at radius 3 is 2.55 bits per heavy atom. The number of non-ortho nitro benzene ring substituents is 1. The maximum atomic E-state index is 14.0. The molecule has 0 amide bonds. The lowest BCUT2D eigenvalue weighted by Gasteiger charge is -2.19. The molecule has 4 N–H and O–H groups in total. The van der Waals surface area contributed by atoms with E-state index in [1.54, 1.807) is 13.8 Å². The van der Waals surface area contributed by atoms with Gasteiger partial charge in [0.2, 0.25) is 0 Å². The molecule has 1 aromatic carbocycles. The second-order valence-electron chi connectivity index (χ2n) is 4.29. The molecule has 110 valence electrons. The number of nitro groups is 1. The van der Waals surface area contributed by atoms with Crippen molar-refractivity contribution in [1.29, 1.82) is 0 Å². The molecule has 0 aliphatic rings. The fraction of sp³-hybridized carbons (Fsp3) is 0.364. The molecule has 9 heteroatoms. The molecule has 0 aliphatic carbocycles. The Morgan fingerprint density at radius 1 is 1.55 bits per heavy atom. The summed E-state index contributed by atoms with van der Waals surface area (Å²) in [5.41, 5.74) is -0.436.